The Balaban J connectivity index is 4.47. The molecule has 0 spiro atoms. The lowest BCUT2D eigenvalue weighted by atomic mass is 10.0. The highest BCUT2D eigenvalue weighted by Gasteiger charge is 2.23. The topological polar surface area (TPSA) is 78.4 Å². The SMILES string of the molecule is CCC(C)=C(C)C(=O)NCC(C)(C)NC(=O)C(C)O. The highest BCUT2D eigenvalue weighted by Crippen LogP contribution is 2.08. The lowest BCUT2D eigenvalue weighted by molar-refractivity contribution is -0.130. The Morgan fingerprint density at radius 1 is 1.26 bits per heavy atom. The molecule has 3 N–H and O–H groups in total. The zero-order chi connectivity index (χ0) is 15.2. The monoisotopic (exact) mass is 270 g/mol. The molecule has 0 bridgehead atoms. The fourth-order valence-corrected chi connectivity index (χ4v) is 1.37. The molecule has 0 heterocycles. The molecule has 110 valence electrons. The summed E-state index contributed by atoms with van der Waals surface area (Å²) in [5.41, 5.74) is 1.15. The van der Waals surface area contributed by atoms with Gasteiger partial charge in [-0.3, -0.25) is 9.59 Å². The second kappa shape index (κ2) is 7.28. The highest BCUT2D eigenvalue weighted by molar-refractivity contribution is 5.93. The number of amides is 2. The average molecular weight is 270 g/mol. The molecular formula is C14H26N2O3. The van der Waals surface area contributed by atoms with E-state index in [4.69, 9.17) is 5.11 Å². The normalized spacial score (nSPS) is 14.5. The Labute approximate surface area is 115 Å². The van der Waals surface area contributed by atoms with Gasteiger partial charge in [0.25, 0.3) is 0 Å². The number of aliphatic hydroxyl groups excluding tert-OH is 1. The first-order valence-electron chi connectivity index (χ1n) is 6.55. The van der Waals surface area contributed by atoms with Crippen molar-refractivity contribution in [3.63, 3.8) is 0 Å². The first-order valence-corrected chi connectivity index (χ1v) is 6.55. The van der Waals surface area contributed by atoms with Crippen LogP contribution in [0.5, 0.6) is 0 Å². The minimum Gasteiger partial charge on any atom is -0.384 e. The molecule has 0 aromatic rings. The Bertz CT molecular complexity index is 371. The van der Waals surface area contributed by atoms with Gasteiger partial charge in [0.15, 0.2) is 0 Å². The summed E-state index contributed by atoms with van der Waals surface area (Å²) >= 11 is 0. The van der Waals surface area contributed by atoms with Gasteiger partial charge in [-0.25, -0.2) is 0 Å². The summed E-state index contributed by atoms with van der Waals surface area (Å²) in [4.78, 5) is 23.3. The molecule has 0 aromatic carbocycles. The van der Waals surface area contributed by atoms with E-state index in [1.807, 2.05) is 13.8 Å². The second-order valence-electron chi connectivity index (χ2n) is 5.49. The van der Waals surface area contributed by atoms with Crippen LogP contribution in [-0.2, 0) is 9.59 Å². The lowest BCUT2D eigenvalue weighted by Gasteiger charge is -2.27. The van der Waals surface area contributed by atoms with E-state index in [-0.39, 0.29) is 5.91 Å². The van der Waals surface area contributed by atoms with Gasteiger partial charge < -0.3 is 15.7 Å². The van der Waals surface area contributed by atoms with Gasteiger partial charge in [-0.05, 0) is 41.0 Å². The molecule has 1 unspecified atom stereocenters. The van der Waals surface area contributed by atoms with Gasteiger partial charge in [0.05, 0.1) is 5.54 Å². The Hall–Kier alpha value is -1.36. The van der Waals surface area contributed by atoms with Crippen molar-refractivity contribution in [1.82, 2.24) is 10.6 Å². The zero-order valence-corrected chi connectivity index (χ0v) is 12.8. The number of rotatable bonds is 6. The summed E-state index contributed by atoms with van der Waals surface area (Å²) in [5, 5.41) is 14.6. The molecule has 0 fully saturated rings. The predicted molar refractivity (Wildman–Crippen MR) is 75.6 cm³/mol. The first-order chi connectivity index (χ1) is 8.60. The molecule has 0 saturated heterocycles. The summed E-state index contributed by atoms with van der Waals surface area (Å²) in [6.45, 7) is 11.0. The zero-order valence-electron chi connectivity index (χ0n) is 12.8. The van der Waals surface area contributed by atoms with Gasteiger partial charge in [-0.2, -0.15) is 0 Å². The van der Waals surface area contributed by atoms with Crippen LogP contribution >= 0.6 is 0 Å². The number of hydrogen-bond acceptors (Lipinski definition) is 3. The highest BCUT2D eigenvalue weighted by atomic mass is 16.3. The molecule has 0 aliphatic heterocycles. The van der Waals surface area contributed by atoms with Crippen LogP contribution in [0.3, 0.4) is 0 Å². The van der Waals surface area contributed by atoms with Crippen LogP contribution in [0.2, 0.25) is 0 Å². The van der Waals surface area contributed by atoms with Crippen molar-refractivity contribution in [3.8, 4) is 0 Å². The quantitative estimate of drug-likeness (QED) is 0.633. The molecule has 0 saturated carbocycles. The van der Waals surface area contributed by atoms with Gasteiger partial charge in [0.2, 0.25) is 11.8 Å². The lowest BCUT2D eigenvalue weighted by Crippen LogP contribution is -2.53. The molecule has 5 nitrogen and oxygen atoms in total. The van der Waals surface area contributed by atoms with Crippen LogP contribution in [0.1, 0.15) is 48.0 Å². The maximum absolute atomic E-state index is 11.9. The van der Waals surface area contributed by atoms with Crippen LogP contribution < -0.4 is 10.6 Å². The maximum atomic E-state index is 11.9. The molecule has 1 atom stereocenters. The van der Waals surface area contributed by atoms with Crippen LogP contribution in [-0.4, -0.2) is 35.1 Å². The van der Waals surface area contributed by atoms with Crippen molar-refractivity contribution >= 4 is 11.8 Å². The van der Waals surface area contributed by atoms with E-state index < -0.39 is 17.6 Å². The summed E-state index contributed by atoms with van der Waals surface area (Å²) in [6.07, 6.45) is -0.222. The van der Waals surface area contributed by atoms with E-state index in [0.29, 0.717) is 12.1 Å². The first kappa shape index (κ1) is 17.6. The summed E-state index contributed by atoms with van der Waals surface area (Å²) < 4.78 is 0. The van der Waals surface area contributed by atoms with Crippen LogP contribution in [0.25, 0.3) is 0 Å². The van der Waals surface area contributed by atoms with Crippen molar-refractivity contribution in [3.05, 3.63) is 11.1 Å². The number of hydrogen-bond donors (Lipinski definition) is 3. The summed E-state index contributed by atoms with van der Waals surface area (Å²) in [7, 11) is 0. The second-order valence-corrected chi connectivity index (χ2v) is 5.49. The largest absolute Gasteiger partial charge is 0.384 e. The standard InChI is InChI=1S/C14H26N2O3/c1-7-9(2)10(3)12(18)15-8-14(5,6)16-13(19)11(4)17/h11,17H,7-8H2,1-6H3,(H,15,18)(H,16,19). The number of carbonyl (C=O) groups excluding carboxylic acids is 2. The Morgan fingerprint density at radius 3 is 2.21 bits per heavy atom. The molecule has 0 aliphatic rings. The van der Waals surface area contributed by atoms with Gasteiger partial charge in [0, 0.05) is 12.1 Å². The van der Waals surface area contributed by atoms with Crippen LogP contribution in [0, 0.1) is 0 Å². The minimum atomic E-state index is -1.06. The third kappa shape index (κ3) is 6.38. The summed E-state index contributed by atoms with van der Waals surface area (Å²) in [5.74, 6) is -0.574. The molecular weight excluding hydrogens is 244 g/mol. The third-order valence-electron chi connectivity index (χ3n) is 3.04. The number of nitrogens with one attached hydrogen (secondary N) is 2. The molecule has 0 aliphatic carbocycles. The smallest absolute Gasteiger partial charge is 0.249 e. The van der Waals surface area contributed by atoms with E-state index >= 15 is 0 Å². The van der Waals surface area contributed by atoms with Crippen molar-refractivity contribution in [2.45, 2.75) is 59.6 Å². The van der Waals surface area contributed by atoms with Crippen molar-refractivity contribution in [2.24, 2.45) is 0 Å². The molecule has 2 amide bonds. The van der Waals surface area contributed by atoms with Gasteiger partial charge in [-0.15, -0.1) is 0 Å². The van der Waals surface area contributed by atoms with Gasteiger partial charge >= 0.3 is 0 Å². The molecule has 5 heteroatoms. The van der Waals surface area contributed by atoms with E-state index in [0.717, 1.165) is 12.0 Å². The van der Waals surface area contributed by atoms with E-state index in [9.17, 15) is 9.59 Å². The number of allylic oxidation sites excluding steroid dienone is 1. The van der Waals surface area contributed by atoms with E-state index in [1.165, 1.54) is 6.92 Å². The Kier molecular flexibility index (Phi) is 6.76. The molecule has 19 heavy (non-hydrogen) atoms. The van der Waals surface area contributed by atoms with E-state index in [1.54, 1.807) is 20.8 Å². The number of aliphatic hydroxyl groups is 1. The Morgan fingerprint density at radius 2 is 1.79 bits per heavy atom. The van der Waals surface area contributed by atoms with Crippen molar-refractivity contribution in [1.29, 1.82) is 0 Å². The predicted octanol–water partition coefficient (Wildman–Crippen LogP) is 1.12. The molecule has 0 aromatic heterocycles. The number of carbonyl (C=O) groups is 2. The van der Waals surface area contributed by atoms with Crippen LogP contribution in [0.15, 0.2) is 11.1 Å². The van der Waals surface area contributed by atoms with Gasteiger partial charge in [-0.1, -0.05) is 12.5 Å². The summed E-state index contributed by atoms with van der Waals surface area (Å²) in [6, 6.07) is 0. The van der Waals surface area contributed by atoms with E-state index in [2.05, 4.69) is 10.6 Å². The average Bonchev–Trinajstić information content (AvgIpc) is 2.33. The third-order valence-corrected chi connectivity index (χ3v) is 3.04. The molecule has 0 rings (SSSR count). The fraction of sp³-hybridized carbons (Fsp3) is 0.714. The van der Waals surface area contributed by atoms with Crippen molar-refractivity contribution in [2.75, 3.05) is 6.54 Å². The maximum Gasteiger partial charge on any atom is 0.249 e. The molecule has 0 radical (unpaired) electrons. The van der Waals surface area contributed by atoms with Gasteiger partial charge in [0.1, 0.15) is 6.10 Å². The fourth-order valence-electron chi connectivity index (χ4n) is 1.37. The minimum absolute atomic E-state index is 0.126. The van der Waals surface area contributed by atoms with Crippen LogP contribution in [0.4, 0.5) is 0 Å². The van der Waals surface area contributed by atoms with Crippen molar-refractivity contribution < 1.29 is 14.7 Å².